The second-order valence-electron chi connectivity index (χ2n) is 7.57. The van der Waals surface area contributed by atoms with E-state index in [-0.39, 0.29) is 11.8 Å². The number of aliphatic imine (C=N–C) groups is 1. The van der Waals surface area contributed by atoms with E-state index in [0.29, 0.717) is 19.5 Å². The third kappa shape index (κ3) is 5.60. The maximum Gasteiger partial charge on any atom is 0.225 e. The number of nitrogens with one attached hydrogen (secondary N) is 3. The minimum Gasteiger partial charge on any atom is -0.356 e. The number of carbonyl (C=O) groups is 1. The molecule has 0 bridgehead atoms. The molecular weight excluding hydrogens is 374 g/mol. The number of guanidine groups is 1. The first-order valence-electron chi connectivity index (χ1n) is 10.8. The second kappa shape index (κ2) is 10.8. The minimum atomic E-state index is 0.0637. The van der Waals surface area contributed by atoms with Crippen LogP contribution in [0.25, 0.3) is 0 Å². The van der Waals surface area contributed by atoms with Crippen LogP contribution >= 0.6 is 0 Å². The van der Waals surface area contributed by atoms with Gasteiger partial charge in [-0.3, -0.25) is 14.7 Å². The van der Waals surface area contributed by atoms with Gasteiger partial charge in [0.25, 0.3) is 0 Å². The maximum atomic E-state index is 12.0. The molecule has 6 nitrogen and oxygen atoms in total. The lowest BCUT2D eigenvalue weighted by Gasteiger charge is -2.26. The predicted octanol–water partition coefficient (Wildman–Crippen LogP) is 3.32. The predicted molar refractivity (Wildman–Crippen MR) is 124 cm³/mol. The highest BCUT2D eigenvalue weighted by Gasteiger charge is 2.24. The van der Waals surface area contributed by atoms with E-state index < -0.39 is 0 Å². The molecule has 0 spiro atoms. The van der Waals surface area contributed by atoms with Crippen LogP contribution in [0.5, 0.6) is 0 Å². The van der Waals surface area contributed by atoms with Gasteiger partial charge in [-0.25, -0.2) is 0 Å². The lowest BCUT2D eigenvalue weighted by molar-refractivity contribution is -0.116. The summed E-state index contributed by atoms with van der Waals surface area (Å²) >= 11 is 0. The number of fused-ring (bicyclic) bond motifs is 1. The lowest BCUT2D eigenvalue weighted by atomic mass is 9.90. The van der Waals surface area contributed by atoms with Gasteiger partial charge in [0, 0.05) is 44.7 Å². The van der Waals surface area contributed by atoms with Gasteiger partial charge in [-0.05, 0) is 35.8 Å². The Labute approximate surface area is 179 Å². The molecule has 30 heavy (non-hydrogen) atoms. The van der Waals surface area contributed by atoms with Crippen LogP contribution in [0.4, 0.5) is 5.69 Å². The molecule has 0 aromatic heterocycles. The van der Waals surface area contributed by atoms with E-state index >= 15 is 0 Å². The number of nitrogens with zero attached hydrogens (tertiary/aromatic N) is 2. The highest BCUT2D eigenvalue weighted by Crippen LogP contribution is 2.31. The first kappa shape index (κ1) is 21.8. The fourth-order valence-corrected chi connectivity index (χ4v) is 3.88. The van der Waals surface area contributed by atoms with Crippen LogP contribution in [-0.2, 0) is 17.9 Å². The summed E-state index contributed by atoms with van der Waals surface area (Å²) in [6, 6.07) is 16.6. The van der Waals surface area contributed by atoms with Gasteiger partial charge in [0.15, 0.2) is 5.96 Å². The normalized spacial score (nSPS) is 16.2. The van der Waals surface area contributed by atoms with Gasteiger partial charge in [0.1, 0.15) is 0 Å². The van der Waals surface area contributed by atoms with Gasteiger partial charge in [-0.15, -0.1) is 0 Å². The van der Waals surface area contributed by atoms with Crippen LogP contribution in [-0.4, -0.2) is 43.4 Å². The molecule has 0 aliphatic carbocycles. The summed E-state index contributed by atoms with van der Waals surface area (Å²) in [6.45, 7) is 8.78. The zero-order valence-corrected chi connectivity index (χ0v) is 18.2. The Hall–Kier alpha value is -2.86. The maximum absolute atomic E-state index is 12.0. The lowest BCUT2D eigenvalue weighted by Crippen LogP contribution is -2.40. The van der Waals surface area contributed by atoms with E-state index in [1.54, 1.807) is 7.05 Å². The van der Waals surface area contributed by atoms with Gasteiger partial charge in [-0.2, -0.15) is 0 Å². The standard InChI is InChI=1S/C24H33N5O/c1-4-29(5-2)17-19-11-7-6-10-18(19)15-26-24(25-3)27-16-20-14-23(30)28-22-13-9-8-12-21(20)22/h6-13,20H,4-5,14-17H2,1-3H3,(H,28,30)(H2,25,26,27). The zero-order valence-electron chi connectivity index (χ0n) is 18.2. The van der Waals surface area contributed by atoms with Crippen LogP contribution in [0.2, 0.25) is 0 Å². The molecule has 1 atom stereocenters. The Bertz CT molecular complexity index is 875. The first-order valence-corrected chi connectivity index (χ1v) is 10.8. The molecule has 6 heteroatoms. The summed E-state index contributed by atoms with van der Waals surface area (Å²) in [5, 5.41) is 9.78. The van der Waals surface area contributed by atoms with Gasteiger partial charge in [-0.1, -0.05) is 56.3 Å². The van der Waals surface area contributed by atoms with Crippen LogP contribution < -0.4 is 16.0 Å². The molecule has 1 unspecified atom stereocenters. The Kier molecular flexibility index (Phi) is 7.85. The Balaban J connectivity index is 1.60. The van der Waals surface area contributed by atoms with Crippen molar-refractivity contribution in [2.45, 2.75) is 39.3 Å². The molecule has 1 heterocycles. The summed E-state index contributed by atoms with van der Waals surface area (Å²) < 4.78 is 0. The largest absolute Gasteiger partial charge is 0.356 e. The fourth-order valence-electron chi connectivity index (χ4n) is 3.88. The Morgan fingerprint density at radius 2 is 1.77 bits per heavy atom. The molecule has 0 fully saturated rings. The van der Waals surface area contributed by atoms with Crippen molar-refractivity contribution in [3.63, 3.8) is 0 Å². The van der Waals surface area contributed by atoms with Crippen molar-refractivity contribution in [3.05, 3.63) is 65.2 Å². The highest BCUT2D eigenvalue weighted by molar-refractivity contribution is 5.94. The molecule has 0 saturated heterocycles. The van der Waals surface area contributed by atoms with E-state index in [0.717, 1.165) is 31.3 Å². The number of benzene rings is 2. The Morgan fingerprint density at radius 3 is 2.50 bits per heavy atom. The number of hydrogen-bond donors (Lipinski definition) is 3. The Morgan fingerprint density at radius 1 is 1.07 bits per heavy atom. The summed E-state index contributed by atoms with van der Waals surface area (Å²) in [5.41, 5.74) is 4.69. The summed E-state index contributed by atoms with van der Waals surface area (Å²) in [6.07, 6.45) is 0.480. The minimum absolute atomic E-state index is 0.0637. The molecular formula is C24H33N5O. The number of anilines is 1. The van der Waals surface area contributed by atoms with Crippen molar-refractivity contribution < 1.29 is 4.79 Å². The van der Waals surface area contributed by atoms with Crippen molar-refractivity contribution in [1.82, 2.24) is 15.5 Å². The zero-order chi connectivity index (χ0) is 21.3. The van der Waals surface area contributed by atoms with Gasteiger partial charge < -0.3 is 16.0 Å². The van der Waals surface area contributed by atoms with Gasteiger partial charge in [0.05, 0.1) is 0 Å². The SMILES string of the molecule is CCN(CC)Cc1ccccc1CNC(=NC)NCC1CC(=O)Nc2ccccc21. The number of rotatable bonds is 8. The van der Waals surface area contributed by atoms with E-state index in [4.69, 9.17) is 0 Å². The van der Waals surface area contributed by atoms with Crippen LogP contribution in [0.3, 0.4) is 0 Å². The molecule has 1 aliphatic heterocycles. The van der Waals surface area contributed by atoms with Crippen LogP contribution in [0.15, 0.2) is 53.5 Å². The van der Waals surface area contributed by atoms with Crippen molar-refractivity contribution in [3.8, 4) is 0 Å². The molecule has 3 N–H and O–H groups in total. The first-order chi connectivity index (χ1) is 14.6. The van der Waals surface area contributed by atoms with E-state index in [2.05, 4.69) is 70.0 Å². The summed E-state index contributed by atoms with van der Waals surface area (Å²) in [7, 11) is 1.78. The van der Waals surface area contributed by atoms with Gasteiger partial charge >= 0.3 is 0 Å². The third-order valence-corrected chi connectivity index (χ3v) is 5.70. The van der Waals surface area contributed by atoms with Gasteiger partial charge in [0.2, 0.25) is 5.91 Å². The molecule has 0 radical (unpaired) electrons. The molecule has 3 rings (SSSR count). The van der Waals surface area contributed by atoms with Crippen LogP contribution in [0.1, 0.15) is 42.9 Å². The number of carbonyl (C=O) groups excluding carboxylic acids is 1. The van der Waals surface area contributed by atoms with Crippen LogP contribution in [0, 0.1) is 0 Å². The van der Waals surface area contributed by atoms with E-state index in [1.165, 1.54) is 16.7 Å². The average molecular weight is 408 g/mol. The highest BCUT2D eigenvalue weighted by atomic mass is 16.1. The van der Waals surface area contributed by atoms with E-state index in [9.17, 15) is 4.79 Å². The van der Waals surface area contributed by atoms with Crippen molar-refractivity contribution in [2.24, 2.45) is 4.99 Å². The van der Waals surface area contributed by atoms with Crippen molar-refractivity contribution in [1.29, 1.82) is 0 Å². The summed E-state index contributed by atoms with van der Waals surface area (Å²) in [4.78, 5) is 18.8. The second-order valence-corrected chi connectivity index (χ2v) is 7.57. The topological polar surface area (TPSA) is 68.8 Å². The molecule has 2 aromatic rings. The molecule has 1 amide bonds. The third-order valence-electron chi connectivity index (χ3n) is 5.70. The molecule has 1 aliphatic rings. The quantitative estimate of drug-likeness (QED) is 0.464. The summed E-state index contributed by atoms with van der Waals surface area (Å²) in [5.74, 6) is 0.938. The monoisotopic (exact) mass is 407 g/mol. The van der Waals surface area contributed by atoms with Crippen molar-refractivity contribution in [2.75, 3.05) is 32.0 Å². The smallest absolute Gasteiger partial charge is 0.225 e. The number of para-hydroxylation sites is 1. The molecule has 2 aromatic carbocycles. The fraction of sp³-hybridized carbons (Fsp3) is 0.417. The van der Waals surface area contributed by atoms with E-state index in [1.807, 2.05) is 18.2 Å². The van der Waals surface area contributed by atoms with Crippen molar-refractivity contribution >= 4 is 17.6 Å². The average Bonchev–Trinajstić information content (AvgIpc) is 2.78. The molecule has 160 valence electrons. The molecule has 0 saturated carbocycles. The number of hydrogen-bond acceptors (Lipinski definition) is 3. The number of amides is 1.